The third-order valence-electron chi connectivity index (χ3n) is 3.43. The molecule has 6 heteroatoms. The Hall–Kier alpha value is -1.69. The molecular formula is C12H17N5O. The van der Waals surface area contributed by atoms with Crippen molar-refractivity contribution in [2.45, 2.75) is 25.9 Å². The number of aryl methyl sites for hydroxylation is 1. The minimum Gasteiger partial charge on any atom is -0.472 e. The lowest BCUT2D eigenvalue weighted by molar-refractivity contribution is 0.0626. The van der Waals surface area contributed by atoms with Crippen LogP contribution in [0, 0.1) is 12.8 Å². The number of aromatic nitrogens is 4. The highest BCUT2D eigenvalue weighted by molar-refractivity contribution is 5.48. The van der Waals surface area contributed by atoms with Gasteiger partial charge < -0.3 is 10.1 Å². The molecule has 96 valence electrons. The van der Waals surface area contributed by atoms with Gasteiger partial charge in [-0.05, 0) is 39.3 Å². The lowest BCUT2D eigenvalue weighted by Gasteiger charge is -2.34. The molecule has 2 heterocycles. The Balaban J connectivity index is 1.72. The molecular weight excluding hydrogens is 230 g/mol. The second-order valence-corrected chi connectivity index (χ2v) is 4.81. The Morgan fingerprint density at radius 3 is 3.06 bits per heavy atom. The van der Waals surface area contributed by atoms with Crippen molar-refractivity contribution in [1.29, 1.82) is 0 Å². The first-order valence-electron chi connectivity index (χ1n) is 6.25. The van der Waals surface area contributed by atoms with E-state index < -0.39 is 0 Å². The Morgan fingerprint density at radius 2 is 2.28 bits per heavy atom. The minimum atomic E-state index is 0.263. The summed E-state index contributed by atoms with van der Waals surface area (Å²) < 4.78 is 7.79. The van der Waals surface area contributed by atoms with Crippen molar-refractivity contribution < 1.29 is 4.74 Å². The normalized spacial score (nSPS) is 23.0. The van der Waals surface area contributed by atoms with Crippen molar-refractivity contribution in [1.82, 2.24) is 24.9 Å². The van der Waals surface area contributed by atoms with Crippen LogP contribution in [0.15, 0.2) is 12.4 Å². The van der Waals surface area contributed by atoms with Crippen molar-refractivity contribution in [3.05, 3.63) is 18.2 Å². The van der Waals surface area contributed by atoms with Gasteiger partial charge in [0.1, 0.15) is 11.9 Å². The van der Waals surface area contributed by atoms with Gasteiger partial charge in [0, 0.05) is 12.4 Å². The summed E-state index contributed by atoms with van der Waals surface area (Å²) >= 11 is 0. The number of nitrogens with one attached hydrogen (secondary N) is 1. The summed E-state index contributed by atoms with van der Waals surface area (Å²) in [5.74, 6) is 2.16. The van der Waals surface area contributed by atoms with Crippen LogP contribution in [0.25, 0.3) is 5.65 Å². The van der Waals surface area contributed by atoms with Gasteiger partial charge in [-0.3, -0.25) is 4.40 Å². The maximum atomic E-state index is 5.89. The Kier molecular flexibility index (Phi) is 2.87. The zero-order chi connectivity index (χ0) is 12.5. The predicted molar refractivity (Wildman–Crippen MR) is 66.6 cm³/mol. The molecule has 1 aliphatic rings. The van der Waals surface area contributed by atoms with E-state index in [1.54, 1.807) is 6.20 Å². The second-order valence-electron chi connectivity index (χ2n) is 4.81. The van der Waals surface area contributed by atoms with Crippen LogP contribution in [0.4, 0.5) is 0 Å². The van der Waals surface area contributed by atoms with Gasteiger partial charge in [0.05, 0.1) is 0 Å². The van der Waals surface area contributed by atoms with E-state index in [0.29, 0.717) is 11.5 Å². The summed E-state index contributed by atoms with van der Waals surface area (Å²) in [7, 11) is 1.98. The van der Waals surface area contributed by atoms with Crippen molar-refractivity contribution in [3.8, 4) is 5.88 Å². The van der Waals surface area contributed by atoms with E-state index in [0.717, 1.165) is 31.1 Å². The van der Waals surface area contributed by atoms with Gasteiger partial charge in [0.2, 0.25) is 5.65 Å². The Morgan fingerprint density at radius 1 is 1.44 bits per heavy atom. The van der Waals surface area contributed by atoms with Crippen LogP contribution in [-0.4, -0.2) is 39.3 Å². The third-order valence-corrected chi connectivity index (χ3v) is 3.43. The number of hydrogen-bond acceptors (Lipinski definition) is 5. The molecule has 0 spiro atoms. The summed E-state index contributed by atoms with van der Waals surface area (Å²) in [4.78, 5) is 4.25. The molecule has 0 atom stereocenters. The average Bonchev–Trinajstić information content (AvgIpc) is 2.70. The van der Waals surface area contributed by atoms with Gasteiger partial charge in [0.25, 0.3) is 5.88 Å². The maximum Gasteiger partial charge on any atom is 0.260 e. The quantitative estimate of drug-likeness (QED) is 0.866. The Bertz CT molecular complexity index is 546. The maximum absolute atomic E-state index is 5.89. The molecule has 2 aromatic heterocycles. The molecule has 1 N–H and O–H groups in total. The summed E-state index contributed by atoms with van der Waals surface area (Å²) in [5, 5.41) is 11.3. The number of fused-ring (bicyclic) bond motifs is 1. The topological polar surface area (TPSA) is 64.3 Å². The van der Waals surface area contributed by atoms with Crippen molar-refractivity contribution in [2.24, 2.45) is 5.92 Å². The molecule has 1 saturated carbocycles. The first-order valence-corrected chi connectivity index (χ1v) is 6.25. The van der Waals surface area contributed by atoms with Crippen LogP contribution in [0.5, 0.6) is 5.88 Å². The van der Waals surface area contributed by atoms with Crippen LogP contribution in [0.3, 0.4) is 0 Å². The van der Waals surface area contributed by atoms with Crippen LogP contribution in [-0.2, 0) is 0 Å². The molecule has 0 unspecified atom stereocenters. The highest BCUT2D eigenvalue weighted by Gasteiger charge is 2.31. The molecule has 0 radical (unpaired) electrons. The van der Waals surface area contributed by atoms with Gasteiger partial charge in [-0.2, -0.15) is 0 Å². The van der Waals surface area contributed by atoms with Gasteiger partial charge >= 0.3 is 0 Å². The standard InChI is InChI=1S/C12H17N5O/c1-8-15-16-11-12(14-3-4-17(8)11)18-10-5-9(6-10)7-13-2/h3-4,9-10,13H,5-7H2,1-2H3. The summed E-state index contributed by atoms with van der Waals surface area (Å²) in [6, 6.07) is 0. The van der Waals surface area contributed by atoms with E-state index in [1.165, 1.54) is 0 Å². The van der Waals surface area contributed by atoms with E-state index in [1.807, 2.05) is 24.6 Å². The zero-order valence-electron chi connectivity index (χ0n) is 10.6. The smallest absolute Gasteiger partial charge is 0.260 e. The largest absolute Gasteiger partial charge is 0.472 e. The highest BCUT2D eigenvalue weighted by Crippen LogP contribution is 2.31. The fraction of sp³-hybridized carbons (Fsp3) is 0.583. The molecule has 6 nitrogen and oxygen atoms in total. The van der Waals surface area contributed by atoms with Gasteiger partial charge in [-0.15, -0.1) is 10.2 Å². The first kappa shape index (κ1) is 11.4. The van der Waals surface area contributed by atoms with Crippen molar-refractivity contribution in [3.63, 3.8) is 0 Å². The van der Waals surface area contributed by atoms with E-state index >= 15 is 0 Å². The average molecular weight is 247 g/mol. The molecule has 0 bridgehead atoms. The lowest BCUT2D eigenvalue weighted by atomic mass is 9.82. The summed E-state index contributed by atoms with van der Waals surface area (Å²) in [6.45, 7) is 2.97. The number of nitrogens with zero attached hydrogens (tertiary/aromatic N) is 4. The molecule has 18 heavy (non-hydrogen) atoms. The third kappa shape index (κ3) is 1.92. The van der Waals surface area contributed by atoms with Crippen LogP contribution in [0.2, 0.25) is 0 Å². The van der Waals surface area contributed by atoms with Crippen LogP contribution in [0.1, 0.15) is 18.7 Å². The summed E-state index contributed by atoms with van der Waals surface area (Å²) in [5.41, 5.74) is 0.701. The van der Waals surface area contributed by atoms with E-state index in [9.17, 15) is 0 Å². The molecule has 2 aromatic rings. The summed E-state index contributed by atoms with van der Waals surface area (Å²) in [6.07, 6.45) is 6.00. The molecule has 0 aliphatic heterocycles. The molecule has 0 aromatic carbocycles. The lowest BCUT2D eigenvalue weighted by Crippen LogP contribution is -2.38. The van der Waals surface area contributed by atoms with Gasteiger partial charge in [0.15, 0.2) is 0 Å². The van der Waals surface area contributed by atoms with E-state index in [4.69, 9.17) is 4.74 Å². The van der Waals surface area contributed by atoms with Gasteiger partial charge in [-0.25, -0.2) is 4.98 Å². The fourth-order valence-electron chi connectivity index (χ4n) is 2.39. The first-order chi connectivity index (χ1) is 8.78. The SMILES string of the molecule is CNCC1CC(Oc2nccn3c(C)nnc23)C1. The number of ether oxygens (including phenoxy) is 1. The van der Waals surface area contributed by atoms with Gasteiger partial charge in [-0.1, -0.05) is 0 Å². The monoisotopic (exact) mass is 247 g/mol. The molecule has 0 amide bonds. The highest BCUT2D eigenvalue weighted by atomic mass is 16.5. The number of rotatable bonds is 4. The molecule has 0 saturated heterocycles. The Labute approximate surface area is 105 Å². The fourth-order valence-corrected chi connectivity index (χ4v) is 2.39. The van der Waals surface area contributed by atoms with E-state index in [-0.39, 0.29) is 6.10 Å². The minimum absolute atomic E-state index is 0.263. The number of hydrogen-bond donors (Lipinski definition) is 1. The van der Waals surface area contributed by atoms with Crippen LogP contribution < -0.4 is 10.1 Å². The van der Waals surface area contributed by atoms with Crippen molar-refractivity contribution >= 4 is 5.65 Å². The molecule has 1 aliphatic carbocycles. The predicted octanol–water partition coefficient (Wildman–Crippen LogP) is 0.810. The second kappa shape index (κ2) is 4.53. The van der Waals surface area contributed by atoms with Crippen molar-refractivity contribution in [2.75, 3.05) is 13.6 Å². The zero-order valence-corrected chi connectivity index (χ0v) is 10.6. The molecule has 3 rings (SSSR count). The van der Waals surface area contributed by atoms with Crippen LogP contribution >= 0.6 is 0 Å². The molecule has 1 fully saturated rings. The van der Waals surface area contributed by atoms with E-state index in [2.05, 4.69) is 20.5 Å².